The first kappa shape index (κ1) is 16.3. The molecule has 0 radical (unpaired) electrons. The Hall–Kier alpha value is -1.76. The Kier molecular flexibility index (Phi) is 5.82. The molecular weight excluding hydrogens is 282 g/mol. The standard InChI is InChI=1S/C13H19NO5S/c1-3-10-19-12-6-4-11(5-7-12)14(20(2,17)18)9-8-13(15)16/h4-7H,3,8-10H2,1-2H3,(H,15,16). The van der Waals surface area contributed by atoms with E-state index in [0.717, 1.165) is 17.0 Å². The highest BCUT2D eigenvalue weighted by molar-refractivity contribution is 7.92. The first-order chi connectivity index (χ1) is 9.34. The van der Waals surface area contributed by atoms with Crippen molar-refractivity contribution in [3.63, 3.8) is 0 Å². The number of anilines is 1. The molecule has 0 aromatic heterocycles. The Morgan fingerprint density at radius 2 is 1.90 bits per heavy atom. The Morgan fingerprint density at radius 1 is 1.30 bits per heavy atom. The van der Waals surface area contributed by atoms with Crippen molar-refractivity contribution >= 4 is 21.7 Å². The molecule has 0 amide bonds. The summed E-state index contributed by atoms with van der Waals surface area (Å²) in [4.78, 5) is 10.6. The smallest absolute Gasteiger partial charge is 0.305 e. The van der Waals surface area contributed by atoms with E-state index in [9.17, 15) is 13.2 Å². The lowest BCUT2D eigenvalue weighted by atomic mass is 10.3. The number of ether oxygens (including phenoxy) is 1. The lowest BCUT2D eigenvalue weighted by Gasteiger charge is -2.21. The summed E-state index contributed by atoms with van der Waals surface area (Å²) in [6.07, 6.45) is 1.69. The number of rotatable bonds is 8. The molecule has 0 fully saturated rings. The van der Waals surface area contributed by atoms with E-state index in [1.54, 1.807) is 24.3 Å². The first-order valence-electron chi connectivity index (χ1n) is 6.27. The lowest BCUT2D eigenvalue weighted by Crippen LogP contribution is -2.31. The van der Waals surface area contributed by atoms with Gasteiger partial charge < -0.3 is 9.84 Å². The Bertz CT molecular complexity index is 538. The molecule has 1 aromatic rings. The molecule has 20 heavy (non-hydrogen) atoms. The van der Waals surface area contributed by atoms with Crippen LogP contribution in [0.4, 0.5) is 5.69 Å². The molecule has 1 aromatic carbocycles. The number of carboxylic acid groups (broad SMARTS) is 1. The minimum absolute atomic E-state index is 0.0939. The van der Waals surface area contributed by atoms with Gasteiger partial charge in [0.25, 0.3) is 0 Å². The number of carboxylic acids is 1. The maximum absolute atomic E-state index is 11.7. The van der Waals surface area contributed by atoms with Crippen molar-refractivity contribution in [1.82, 2.24) is 0 Å². The van der Waals surface area contributed by atoms with Gasteiger partial charge in [0.15, 0.2) is 0 Å². The van der Waals surface area contributed by atoms with Crippen LogP contribution in [0, 0.1) is 0 Å². The molecule has 0 aliphatic heterocycles. The van der Waals surface area contributed by atoms with Gasteiger partial charge in [-0.2, -0.15) is 0 Å². The van der Waals surface area contributed by atoms with Crippen LogP contribution in [0.2, 0.25) is 0 Å². The van der Waals surface area contributed by atoms with Gasteiger partial charge in [0.2, 0.25) is 10.0 Å². The SMILES string of the molecule is CCCOc1ccc(N(CCC(=O)O)S(C)(=O)=O)cc1. The van der Waals surface area contributed by atoms with E-state index in [1.807, 2.05) is 6.92 Å². The average molecular weight is 301 g/mol. The van der Waals surface area contributed by atoms with Crippen LogP contribution in [-0.4, -0.2) is 38.9 Å². The van der Waals surface area contributed by atoms with Gasteiger partial charge in [-0.05, 0) is 30.7 Å². The largest absolute Gasteiger partial charge is 0.494 e. The molecule has 0 heterocycles. The third kappa shape index (κ3) is 5.08. The molecule has 1 N–H and O–H groups in total. The molecule has 6 nitrogen and oxygen atoms in total. The van der Waals surface area contributed by atoms with E-state index in [2.05, 4.69) is 0 Å². The van der Waals surface area contributed by atoms with Gasteiger partial charge >= 0.3 is 5.97 Å². The fraction of sp³-hybridized carbons (Fsp3) is 0.462. The number of nitrogens with zero attached hydrogens (tertiary/aromatic N) is 1. The maximum Gasteiger partial charge on any atom is 0.305 e. The third-order valence-electron chi connectivity index (χ3n) is 2.53. The molecule has 7 heteroatoms. The van der Waals surface area contributed by atoms with E-state index in [0.29, 0.717) is 18.0 Å². The zero-order valence-electron chi connectivity index (χ0n) is 11.6. The topological polar surface area (TPSA) is 83.9 Å². The molecule has 0 spiro atoms. The number of benzene rings is 1. The normalized spacial score (nSPS) is 11.1. The highest BCUT2D eigenvalue weighted by Crippen LogP contribution is 2.22. The van der Waals surface area contributed by atoms with Crippen molar-refractivity contribution in [3.8, 4) is 5.75 Å². The lowest BCUT2D eigenvalue weighted by molar-refractivity contribution is -0.136. The van der Waals surface area contributed by atoms with Crippen LogP contribution in [0.5, 0.6) is 5.75 Å². The molecule has 0 saturated heterocycles. The monoisotopic (exact) mass is 301 g/mol. The Morgan fingerprint density at radius 3 is 2.35 bits per heavy atom. The van der Waals surface area contributed by atoms with E-state index in [1.165, 1.54) is 0 Å². The van der Waals surface area contributed by atoms with Gasteiger partial charge in [-0.3, -0.25) is 9.10 Å². The average Bonchev–Trinajstić information content (AvgIpc) is 2.36. The van der Waals surface area contributed by atoms with Crippen LogP contribution in [0.15, 0.2) is 24.3 Å². The Balaban J connectivity index is 2.88. The molecular formula is C13H19NO5S. The van der Waals surface area contributed by atoms with Crippen LogP contribution >= 0.6 is 0 Å². The highest BCUT2D eigenvalue weighted by atomic mass is 32.2. The van der Waals surface area contributed by atoms with Crippen LogP contribution in [0.3, 0.4) is 0 Å². The second kappa shape index (κ2) is 7.14. The zero-order chi connectivity index (χ0) is 15.2. The van der Waals surface area contributed by atoms with Gasteiger partial charge in [-0.25, -0.2) is 8.42 Å². The summed E-state index contributed by atoms with van der Waals surface area (Å²) >= 11 is 0. The van der Waals surface area contributed by atoms with Crippen molar-refractivity contribution in [3.05, 3.63) is 24.3 Å². The third-order valence-corrected chi connectivity index (χ3v) is 3.72. The molecule has 0 atom stereocenters. The van der Waals surface area contributed by atoms with E-state index < -0.39 is 16.0 Å². The fourth-order valence-electron chi connectivity index (χ4n) is 1.61. The van der Waals surface area contributed by atoms with Crippen molar-refractivity contribution in [2.24, 2.45) is 0 Å². The predicted octanol–water partition coefficient (Wildman–Crippen LogP) is 1.72. The molecule has 0 bridgehead atoms. The van der Waals surface area contributed by atoms with Gasteiger partial charge in [-0.15, -0.1) is 0 Å². The van der Waals surface area contributed by atoms with Crippen LogP contribution in [0.1, 0.15) is 19.8 Å². The molecule has 0 unspecified atom stereocenters. The van der Waals surface area contributed by atoms with Crippen molar-refractivity contribution in [1.29, 1.82) is 0 Å². The summed E-state index contributed by atoms with van der Waals surface area (Å²) < 4.78 is 29.9. The zero-order valence-corrected chi connectivity index (χ0v) is 12.4. The number of sulfonamides is 1. The first-order valence-corrected chi connectivity index (χ1v) is 8.11. The van der Waals surface area contributed by atoms with Crippen molar-refractivity contribution in [2.75, 3.05) is 23.7 Å². The van der Waals surface area contributed by atoms with Gasteiger partial charge in [0, 0.05) is 6.54 Å². The molecule has 1 rings (SSSR count). The number of hydrogen-bond donors (Lipinski definition) is 1. The fourth-order valence-corrected chi connectivity index (χ4v) is 2.54. The van der Waals surface area contributed by atoms with E-state index in [-0.39, 0.29) is 13.0 Å². The van der Waals surface area contributed by atoms with E-state index >= 15 is 0 Å². The second-order valence-corrected chi connectivity index (χ2v) is 6.23. The summed E-state index contributed by atoms with van der Waals surface area (Å²) in [6.45, 7) is 2.49. The summed E-state index contributed by atoms with van der Waals surface area (Å²) in [5.41, 5.74) is 0.428. The summed E-state index contributed by atoms with van der Waals surface area (Å²) in [5.74, 6) is -0.385. The minimum atomic E-state index is -3.51. The summed E-state index contributed by atoms with van der Waals surface area (Å²) in [7, 11) is -3.51. The Labute approximate surface area is 119 Å². The summed E-state index contributed by atoms with van der Waals surface area (Å²) in [5, 5.41) is 8.67. The molecule has 112 valence electrons. The minimum Gasteiger partial charge on any atom is -0.494 e. The van der Waals surface area contributed by atoms with Gasteiger partial charge in [-0.1, -0.05) is 6.92 Å². The van der Waals surface area contributed by atoms with Crippen molar-refractivity contribution in [2.45, 2.75) is 19.8 Å². The second-order valence-electron chi connectivity index (χ2n) is 4.32. The van der Waals surface area contributed by atoms with E-state index in [4.69, 9.17) is 9.84 Å². The van der Waals surface area contributed by atoms with Crippen molar-refractivity contribution < 1.29 is 23.1 Å². The van der Waals surface area contributed by atoms with Crippen LogP contribution < -0.4 is 9.04 Å². The number of hydrogen-bond acceptors (Lipinski definition) is 4. The van der Waals surface area contributed by atoms with Gasteiger partial charge in [0.05, 0.1) is 25.0 Å². The molecule has 0 saturated carbocycles. The molecule has 0 aliphatic rings. The quantitative estimate of drug-likeness (QED) is 0.790. The van der Waals surface area contributed by atoms with Crippen LogP contribution in [-0.2, 0) is 14.8 Å². The maximum atomic E-state index is 11.7. The number of aliphatic carboxylic acids is 1. The summed E-state index contributed by atoms with van der Waals surface area (Å²) in [6, 6.07) is 6.55. The highest BCUT2D eigenvalue weighted by Gasteiger charge is 2.18. The number of carbonyl (C=O) groups is 1. The van der Waals surface area contributed by atoms with Crippen LogP contribution in [0.25, 0.3) is 0 Å². The predicted molar refractivity (Wildman–Crippen MR) is 76.7 cm³/mol. The molecule has 0 aliphatic carbocycles. The van der Waals surface area contributed by atoms with Gasteiger partial charge in [0.1, 0.15) is 5.75 Å².